The van der Waals surface area contributed by atoms with Crippen LogP contribution in [0, 0.1) is 5.92 Å². The number of rotatable bonds is 6. The van der Waals surface area contributed by atoms with Crippen LogP contribution in [-0.2, 0) is 17.8 Å². The molecule has 1 saturated heterocycles. The first kappa shape index (κ1) is 15.7. The Morgan fingerprint density at radius 2 is 2.30 bits per heavy atom. The molecular weight excluding hydrogens is 292 g/mol. The summed E-state index contributed by atoms with van der Waals surface area (Å²) >= 11 is 0. The van der Waals surface area contributed by atoms with Crippen LogP contribution in [0.4, 0.5) is 11.8 Å². The van der Waals surface area contributed by atoms with E-state index in [1.165, 1.54) is 0 Å². The van der Waals surface area contributed by atoms with Crippen molar-refractivity contribution in [2.75, 3.05) is 24.3 Å². The van der Waals surface area contributed by atoms with Gasteiger partial charge in [-0.25, -0.2) is 9.97 Å². The van der Waals surface area contributed by atoms with Crippen molar-refractivity contribution in [3.8, 4) is 0 Å². The lowest BCUT2D eigenvalue weighted by molar-refractivity contribution is 0.193. The first-order chi connectivity index (χ1) is 11.1. The highest BCUT2D eigenvalue weighted by Gasteiger charge is 2.20. The molecule has 0 saturated carbocycles. The van der Waals surface area contributed by atoms with Crippen molar-refractivity contribution in [3.63, 3.8) is 0 Å². The van der Waals surface area contributed by atoms with Crippen LogP contribution in [0.1, 0.15) is 37.6 Å². The lowest BCUT2D eigenvalue weighted by Gasteiger charge is -2.13. The second-order valence-corrected chi connectivity index (χ2v) is 6.38. The lowest BCUT2D eigenvalue weighted by atomic mass is 10.0. The number of aromatic nitrogens is 4. The van der Waals surface area contributed by atoms with Gasteiger partial charge in [0.1, 0.15) is 5.82 Å². The van der Waals surface area contributed by atoms with E-state index in [0.29, 0.717) is 30.9 Å². The molecule has 3 rings (SSSR count). The smallest absolute Gasteiger partial charge is 0.222 e. The molecule has 7 nitrogen and oxygen atoms in total. The van der Waals surface area contributed by atoms with Crippen molar-refractivity contribution in [3.05, 3.63) is 30.0 Å². The van der Waals surface area contributed by atoms with Gasteiger partial charge in [0.15, 0.2) is 0 Å². The Morgan fingerprint density at radius 1 is 1.43 bits per heavy atom. The highest BCUT2D eigenvalue weighted by Crippen LogP contribution is 2.25. The van der Waals surface area contributed by atoms with Crippen LogP contribution in [0.3, 0.4) is 0 Å². The molecule has 2 aromatic heterocycles. The van der Waals surface area contributed by atoms with Crippen molar-refractivity contribution < 1.29 is 4.74 Å². The minimum absolute atomic E-state index is 0.299. The minimum Gasteiger partial charge on any atom is -0.381 e. The first-order valence-electron chi connectivity index (χ1n) is 8.07. The van der Waals surface area contributed by atoms with Crippen molar-refractivity contribution in [1.29, 1.82) is 0 Å². The molecule has 3 N–H and O–H groups in total. The molecule has 1 aliphatic rings. The SMILES string of the molecule is CC(C)Cn1cncc1CNc1cc([C@@H]2CCOC2)nc(N)n1. The third kappa shape index (κ3) is 3.98. The van der Waals surface area contributed by atoms with Crippen LogP contribution in [0.25, 0.3) is 0 Å². The van der Waals surface area contributed by atoms with Crippen molar-refractivity contribution in [2.24, 2.45) is 5.92 Å². The molecule has 0 aromatic carbocycles. The van der Waals surface area contributed by atoms with Crippen LogP contribution < -0.4 is 11.1 Å². The maximum atomic E-state index is 5.85. The number of nitrogens with one attached hydrogen (secondary N) is 1. The Balaban J connectivity index is 1.69. The van der Waals surface area contributed by atoms with E-state index in [2.05, 4.69) is 38.7 Å². The van der Waals surface area contributed by atoms with Crippen LogP contribution in [-0.4, -0.2) is 32.7 Å². The van der Waals surface area contributed by atoms with Gasteiger partial charge in [-0.05, 0) is 12.3 Å². The predicted molar refractivity (Wildman–Crippen MR) is 89.0 cm³/mol. The van der Waals surface area contributed by atoms with Crippen molar-refractivity contribution in [1.82, 2.24) is 19.5 Å². The second-order valence-electron chi connectivity index (χ2n) is 6.38. The molecule has 0 radical (unpaired) electrons. The third-order valence-electron chi connectivity index (χ3n) is 3.92. The summed E-state index contributed by atoms with van der Waals surface area (Å²) in [5, 5.41) is 3.33. The molecule has 1 aliphatic heterocycles. The summed E-state index contributed by atoms with van der Waals surface area (Å²) < 4.78 is 7.59. The summed E-state index contributed by atoms with van der Waals surface area (Å²) in [4.78, 5) is 12.9. The Kier molecular flexibility index (Phi) is 4.76. The molecule has 0 spiro atoms. The number of hydrogen-bond donors (Lipinski definition) is 2. The Morgan fingerprint density at radius 3 is 3.04 bits per heavy atom. The summed E-state index contributed by atoms with van der Waals surface area (Å²) in [7, 11) is 0. The highest BCUT2D eigenvalue weighted by molar-refractivity contribution is 5.42. The number of nitrogens with two attached hydrogens (primary N) is 1. The van der Waals surface area contributed by atoms with Gasteiger partial charge >= 0.3 is 0 Å². The monoisotopic (exact) mass is 316 g/mol. The molecule has 3 heterocycles. The number of nitrogen functional groups attached to an aromatic ring is 1. The maximum Gasteiger partial charge on any atom is 0.222 e. The van der Waals surface area contributed by atoms with Crippen LogP contribution >= 0.6 is 0 Å². The largest absolute Gasteiger partial charge is 0.381 e. The molecule has 0 bridgehead atoms. The van der Waals surface area contributed by atoms with Gasteiger partial charge in [-0.15, -0.1) is 0 Å². The van der Waals surface area contributed by atoms with Crippen LogP contribution in [0.5, 0.6) is 0 Å². The molecule has 7 heteroatoms. The highest BCUT2D eigenvalue weighted by atomic mass is 16.5. The molecular formula is C16H24N6O. The molecule has 1 atom stereocenters. The average molecular weight is 316 g/mol. The summed E-state index contributed by atoms with van der Waals surface area (Å²) in [6, 6.07) is 1.97. The Hall–Kier alpha value is -2.15. The fourth-order valence-corrected chi connectivity index (χ4v) is 2.79. The molecule has 0 aliphatic carbocycles. The summed E-state index contributed by atoms with van der Waals surface area (Å²) in [6.45, 7) is 7.48. The number of imidazole rings is 1. The van der Waals surface area contributed by atoms with E-state index in [9.17, 15) is 0 Å². The fraction of sp³-hybridized carbons (Fsp3) is 0.562. The Bertz CT molecular complexity index is 648. The average Bonchev–Trinajstić information content (AvgIpc) is 3.15. The standard InChI is InChI=1S/C16H24N6O/c1-11(2)8-22-10-18-6-13(22)7-19-15-5-14(20-16(17)21-15)12-3-4-23-9-12/h5-6,10-12H,3-4,7-9H2,1-2H3,(H3,17,19,20,21)/t12-/m1/s1. The molecule has 2 aromatic rings. The second kappa shape index (κ2) is 6.95. The van der Waals surface area contributed by atoms with Gasteiger partial charge in [0.2, 0.25) is 5.95 Å². The summed E-state index contributed by atoms with van der Waals surface area (Å²) in [5.74, 6) is 1.93. The van der Waals surface area contributed by atoms with Crippen LogP contribution in [0.2, 0.25) is 0 Å². The molecule has 0 amide bonds. The van der Waals surface area contributed by atoms with Gasteiger partial charge in [0.25, 0.3) is 0 Å². The van der Waals surface area contributed by atoms with Gasteiger partial charge in [-0.1, -0.05) is 13.8 Å². The van der Waals surface area contributed by atoms with E-state index in [4.69, 9.17) is 10.5 Å². The van der Waals surface area contributed by atoms with Gasteiger partial charge in [0.05, 0.1) is 30.9 Å². The van der Waals surface area contributed by atoms with E-state index >= 15 is 0 Å². The minimum atomic E-state index is 0.299. The zero-order valence-corrected chi connectivity index (χ0v) is 13.7. The number of ether oxygens (including phenoxy) is 1. The van der Waals surface area contributed by atoms with E-state index in [1.807, 2.05) is 18.6 Å². The van der Waals surface area contributed by atoms with Crippen LogP contribution in [0.15, 0.2) is 18.6 Å². The van der Waals surface area contributed by atoms with E-state index < -0.39 is 0 Å². The van der Waals surface area contributed by atoms with Crippen molar-refractivity contribution >= 4 is 11.8 Å². The number of hydrogen-bond acceptors (Lipinski definition) is 6. The molecule has 0 unspecified atom stereocenters. The lowest BCUT2D eigenvalue weighted by Crippen LogP contribution is -2.12. The zero-order valence-electron chi connectivity index (χ0n) is 13.7. The van der Waals surface area contributed by atoms with Gasteiger partial charge in [-0.3, -0.25) is 0 Å². The summed E-state index contributed by atoms with van der Waals surface area (Å²) in [5.41, 5.74) is 7.93. The zero-order chi connectivity index (χ0) is 16.2. The maximum absolute atomic E-state index is 5.85. The third-order valence-corrected chi connectivity index (χ3v) is 3.92. The molecule has 23 heavy (non-hydrogen) atoms. The van der Waals surface area contributed by atoms with E-state index in [1.54, 1.807) is 0 Å². The van der Waals surface area contributed by atoms with Gasteiger partial charge in [-0.2, -0.15) is 4.98 Å². The predicted octanol–water partition coefficient (Wildman–Crippen LogP) is 2.03. The quantitative estimate of drug-likeness (QED) is 0.847. The summed E-state index contributed by atoms with van der Waals surface area (Å²) in [6.07, 6.45) is 4.73. The van der Waals surface area contributed by atoms with Gasteiger partial charge in [0, 0.05) is 31.3 Å². The normalized spacial score (nSPS) is 17.8. The van der Waals surface area contributed by atoms with Crippen molar-refractivity contribution in [2.45, 2.75) is 39.3 Å². The molecule has 124 valence electrons. The van der Waals surface area contributed by atoms with Gasteiger partial charge < -0.3 is 20.4 Å². The fourth-order valence-electron chi connectivity index (χ4n) is 2.79. The van der Waals surface area contributed by atoms with E-state index in [0.717, 1.165) is 36.8 Å². The topological polar surface area (TPSA) is 90.9 Å². The number of nitrogens with zero attached hydrogens (tertiary/aromatic N) is 4. The van der Waals surface area contributed by atoms with E-state index in [-0.39, 0.29) is 0 Å². The molecule has 1 fully saturated rings. The number of anilines is 2. The first-order valence-corrected chi connectivity index (χ1v) is 8.07. The Labute approximate surface area is 136 Å².